The van der Waals surface area contributed by atoms with Gasteiger partial charge in [0.2, 0.25) is 27.7 Å². The molecule has 3 amide bonds. The molecule has 198 valence electrons. The minimum Gasteiger partial charge on any atom is -0.306 e. The number of aromatic nitrogens is 1. The van der Waals surface area contributed by atoms with Gasteiger partial charge in [-0.3, -0.25) is 19.3 Å². The van der Waals surface area contributed by atoms with Crippen molar-refractivity contribution in [3.05, 3.63) is 75.7 Å². The lowest BCUT2D eigenvalue weighted by molar-refractivity contribution is -0.142. The number of carbonyl (C=O) groups is 3. The lowest BCUT2D eigenvalue weighted by Crippen LogP contribution is -2.46. The van der Waals surface area contributed by atoms with Gasteiger partial charge in [-0.15, -0.1) is 11.3 Å². The second-order valence-corrected chi connectivity index (χ2v) is 12.4. The first-order valence-electron chi connectivity index (χ1n) is 12.4. The van der Waals surface area contributed by atoms with Crippen molar-refractivity contribution in [1.82, 2.24) is 14.2 Å². The smallest absolute Gasteiger partial charge is 0.250 e. The highest BCUT2D eigenvalue weighted by atomic mass is 32.2. The molecule has 1 aromatic heterocycles. The Morgan fingerprint density at radius 1 is 0.947 bits per heavy atom. The molecular weight excluding hydrogens is 524 g/mol. The predicted molar refractivity (Wildman–Crippen MR) is 143 cm³/mol. The van der Waals surface area contributed by atoms with Crippen molar-refractivity contribution in [2.45, 2.75) is 50.6 Å². The summed E-state index contributed by atoms with van der Waals surface area (Å²) in [7, 11) is -3.61. The summed E-state index contributed by atoms with van der Waals surface area (Å²) in [4.78, 5) is 48.0. The maximum Gasteiger partial charge on any atom is 0.250 e. The Balaban J connectivity index is 1.45. The summed E-state index contributed by atoms with van der Waals surface area (Å²) in [5.41, 5.74) is 0.799. The molecule has 2 aliphatic rings. The summed E-state index contributed by atoms with van der Waals surface area (Å²) < 4.78 is 27.1. The van der Waals surface area contributed by atoms with Gasteiger partial charge in [0.1, 0.15) is 0 Å². The summed E-state index contributed by atoms with van der Waals surface area (Å²) in [5.74, 6) is -1.39. The van der Waals surface area contributed by atoms with Gasteiger partial charge in [0.05, 0.1) is 35.1 Å². The van der Waals surface area contributed by atoms with Crippen LogP contribution in [0.3, 0.4) is 0 Å². The van der Waals surface area contributed by atoms with Gasteiger partial charge in [-0.1, -0.05) is 44.2 Å². The number of hydrogen-bond acceptors (Lipinski definition) is 7. The van der Waals surface area contributed by atoms with Crippen molar-refractivity contribution in [2.24, 2.45) is 0 Å². The minimum atomic E-state index is -3.61. The Morgan fingerprint density at radius 3 is 2.24 bits per heavy atom. The van der Waals surface area contributed by atoms with E-state index in [9.17, 15) is 22.8 Å². The molecule has 2 aliphatic heterocycles. The Morgan fingerprint density at radius 2 is 1.61 bits per heavy atom. The van der Waals surface area contributed by atoms with E-state index in [1.165, 1.54) is 32.7 Å². The maximum atomic E-state index is 14.0. The number of nitrogens with zero attached hydrogens (tertiary/aromatic N) is 4. The Bertz CT molecular complexity index is 1530. The van der Waals surface area contributed by atoms with Gasteiger partial charge in [0.15, 0.2) is 5.41 Å². The molecule has 1 spiro atoms. The fourth-order valence-corrected chi connectivity index (χ4v) is 7.33. The minimum absolute atomic E-state index is 0.0294. The lowest BCUT2D eigenvalue weighted by Gasteiger charge is -2.23. The highest BCUT2D eigenvalue weighted by Crippen LogP contribution is 2.49. The van der Waals surface area contributed by atoms with Crippen molar-refractivity contribution in [1.29, 1.82) is 0 Å². The number of aryl methyl sites for hydroxylation is 1. The zero-order chi connectivity index (χ0) is 27.2. The van der Waals surface area contributed by atoms with Gasteiger partial charge in [-0.2, -0.15) is 4.31 Å². The molecule has 0 saturated carbocycles. The standard InChI is InChI=1S/C27H28N4O5S2/c1-4-29(5-2)38(35,36)21-12-10-19(11-13-21)15-30-23-9-7-6-8-22(23)27(25(30)33)14-24(32)31(26(27)34)16-20-17-37-18(3)28-20/h6-13,17H,4-5,14-16H2,1-3H3. The van der Waals surface area contributed by atoms with Crippen molar-refractivity contribution in [3.8, 4) is 0 Å². The molecule has 11 heteroatoms. The summed E-state index contributed by atoms with van der Waals surface area (Å²) in [6, 6.07) is 13.5. The molecule has 0 N–H and O–H groups in total. The molecule has 9 nitrogen and oxygen atoms in total. The molecule has 1 fully saturated rings. The monoisotopic (exact) mass is 552 g/mol. The summed E-state index contributed by atoms with van der Waals surface area (Å²) >= 11 is 1.44. The number of likely N-dealkylation sites (tertiary alicyclic amines) is 1. The zero-order valence-electron chi connectivity index (χ0n) is 21.4. The first-order valence-corrected chi connectivity index (χ1v) is 14.7. The van der Waals surface area contributed by atoms with Crippen molar-refractivity contribution in [3.63, 3.8) is 0 Å². The predicted octanol–water partition coefficient (Wildman–Crippen LogP) is 3.23. The number of sulfonamides is 1. The van der Waals surface area contributed by atoms with Crippen molar-refractivity contribution < 1.29 is 22.8 Å². The van der Waals surface area contributed by atoms with E-state index >= 15 is 0 Å². The number of imide groups is 1. The third kappa shape index (κ3) is 4.05. The van der Waals surface area contributed by atoms with Crippen LogP contribution in [0.5, 0.6) is 0 Å². The average molecular weight is 553 g/mol. The normalized spacial score (nSPS) is 19.3. The molecular formula is C27H28N4O5S2. The lowest BCUT2D eigenvalue weighted by atomic mass is 9.80. The second kappa shape index (κ2) is 9.72. The van der Waals surface area contributed by atoms with E-state index in [0.29, 0.717) is 35.6 Å². The van der Waals surface area contributed by atoms with Crippen LogP contribution in [-0.4, -0.2) is 53.4 Å². The number of anilines is 1. The number of para-hydroxylation sites is 1. The third-order valence-electron chi connectivity index (χ3n) is 7.19. The van der Waals surface area contributed by atoms with Gasteiger partial charge < -0.3 is 4.90 Å². The van der Waals surface area contributed by atoms with Crippen LogP contribution >= 0.6 is 11.3 Å². The van der Waals surface area contributed by atoms with E-state index < -0.39 is 33.2 Å². The highest BCUT2D eigenvalue weighted by molar-refractivity contribution is 7.89. The Labute approximate surface area is 225 Å². The fourth-order valence-electron chi connectivity index (χ4n) is 5.27. The van der Waals surface area contributed by atoms with Crippen LogP contribution in [0, 0.1) is 6.92 Å². The zero-order valence-corrected chi connectivity index (χ0v) is 23.0. The Kier molecular flexibility index (Phi) is 6.70. The van der Waals surface area contributed by atoms with E-state index in [0.717, 1.165) is 9.91 Å². The van der Waals surface area contributed by atoms with Crippen LogP contribution in [0.4, 0.5) is 5.69 Å². The first kappa shape index (κ1) is 26.2. The van der Waals surface area contributed by atoms with E-state index in [1.807, 2.05) is 12.3 Å². The van der Waals surface area contributed by atoms with Gasteiger partial charge in [0.25, 0.3) is 0 Å². The van der Waals surface area contributed by atoms with Crippen molar-refractivity contribution >= 4 is 44.8 Å². The fraction of sp³-hybridized carbons (Fsp3) is 0.333. The first-order chi connectivity index (χ1) is 18.1. The van der Waals surface area contributed by atoms with E-state index in [2.05, 4.69) is 4.98 Å². The van der Waals surface area contributed by atoms with Crippen LogP contribution < -0.4 is 4.90 Å². The van der Waals surface area contributed by atoms with E-state index in [-0.39, 0.29) is 24.4 Å². The number of rotatable bonds is 8. The van der Waals surface area contributed by atoms with Gasteiger partial charge in [-0.05, 0) is 30.7 Å². The van der Waals surface area contributed by atoms with Gasteiger partial charge in [0, 0.05) is 29.7 Å². The number of carbonyl (C=O) groups excluding carboxylic acids is 3. The van der Waals surface area contributed by atoms with Crippen LogP contribution in [0.2, 0.25) is 0 Å². The number of thiazole rings is 1. The van der Waals surface area contributed by atoms with Crippen LogP contribution in [0.1, 0.15) is 42.1 Å². The Hall–Kier alpha value is -3.41. The highest BCUT2D eigenvalue weighted by Gasteiger charge is 2.63. The van der Waals surface area contributed by atoms with Crippen LogP contribution in [-0.2, 0) is 42.9 Å². The topological polar surface area (TPSA) is 108 Å². The molecule has 38 heavy (non-hydrogen) atoms. The molecule has 1 unspecified atom stereocenters. The van der Waals surface area contributed by atoms with Crippen LogP contribution in [0.25, 0.3) is 0 Å². The molecule has 0 radical (unpaired) electrons. The molecule has 0 bridgehead atoms. The van der Waals surface area contributed by atoms with Gasteiger partial charge in [-0.25, -0.2) is 13.4 Å². The SMILES string of the molecule is CCN(CC)S(=O)(=O)c1ccc(CN2C(=O)C3(CC(=O)N(Cc4csc(C)n4)C3=O)c3ccccc32)cc1. The van der Waals surface area contributed by atoms with Crippen molar-refractivity contribution in [2.75, 3.05) is 18.0 Å². The molecule has 2 aromatic carbocycles. The third-order valence-corrected chi connectivity index (χ3v) is 10.1. The van der Waals surface area contributed by atoms with Crippen LogP contribution in [0.15, 0.2) is 58.8 Å². The molecule has 0 aliphatic carbocycles. The molecule has 5 rings (SSSR count). The molecule has 1 atom stereocenters. The molecule has 3 heterocycles. The molecule has 3 aromatic rings. The second-order valence-electron chi connectivity index (χ2n) is 9.37. The van der Waals surface area contributed by atoms with Gasteiger partial charge >= 0.3 is 0 Å². The van der Waals surface area contributed by atoms with E-state index in [4.69, 9.17) is 0 Å². The number of amides is 3. The molecule has 1 saturated heterocycles. The summed E-state index contributed by atoms with van der Waals surface area (Å²) in [6.07, 6.45) is -0.234. The summed E-state index contributed by atoms with van der Waals surface area (Å²) in [6.45, 7) is 6.33. The largest absolute Gasteiger partial charge is 0.306 e. The quantitative estimate of drug-likeness (QED) is 0.314. The van der Waals surface area contributed by atoms with E-state index in [1.54, 1.807) is 50.2 Å². The average Bonchev–Trinajstić information content (AvgIpc) is 3.50. The number of hydrogen-bond donors (Lipinski definition) is 0. The number of benzene rings is 2. The number of fused-ring (bicyclic) bond motifs is 2. The maximum absolute atomic E-state index is 14.0. The summed E-state index contributed by atoms with van der Waals surface area (Å²) in [5, 5.41) is 2.64.